The Kier molecular flexibility index (Phi) is 25.9. The molecule has 0 aliphatic carbocycles. The van der Waals surface area contributed by atoms with Crippen molar-refractivity contribution in [1.29, 1.82) is 0 Å². The Morgan fingerprint density at radius 2 is 1.60 bits per heavy atom. The molecular formula is C5H12CoO4. The van der Waals surface area contributed by atoms with Gasteiger partial charge in [0.05, 0.1) is 5.76 Å². The van der Waals surface area contributed by atoms with Crippen LogP contribution in [0.5, 0.6) is 0 Å². The van der Waals surface area contributed by atoms with Gasteiger partial charge in [-0.2, -0.15) is 0 Å². The maximum Gasteiger partial charge on any atom is 0.155 e. The maximum absolute atomic E-state index is 10.0. The number of hydrogen-bond acceptors (Lipinski definition) is 2. The summed E-state index contributed by atoms with van der Waals surface area (Å²) >= 11 is 0. The first kappa shape index (κ1) is 22.6. The van der Waals surface area contributed by atoms with Crippen LogP contribution in [0.3, 0.4) is 0 Å². The third-order valence-electron chi connectivity index (χ3n) is 0.412. The normalized spacial score (nSPS) is 8.00. The number of carbonyl (C=O) groups is 1. The molecule has 0 aliphatic rings. The van der Waals surface area contributed by atoms with Crippen molar-refractivity contribution in [3.63, 3.8) is 0 Å². The van der Waals surface area contributed by atoms with Gasteiger partial charge in [-0.05, 0) is 13.8 Å². The fourth-order valence-electron chi connectivity index (χ4n) is 0.294. The summed E-state index contributed by atoms with van der Waals surface area (Å²) in [6.45, 7) is 2.85. The van der Waals surface area contributed by atoms with Crippen LogP contribution in [0.1, 0.15) is 13.8 Å². The van der Waals surface area contributed by atoms with Crippen LogP contribution in [0, 0.1) is 0 Å². The molecule has 0 saturated carbocycles. The van der Waals surface area contributed by atoms with Gasteiger partial charge in [0, 0.05) is 22.9 Å². The monoisotopic (exact) mass is 195 g/mol. The standard InChI is InChI=1S/C5H8O2.Co.2H2O/c1-4(6)3-5(2)7;;;/h3,6H,1-2H3;;2*1H2/b4-3-;;;. The fraction of sp³-hybridized carbons (Fsp3) is 0.400. The van der Waals surface area contributed by atoms with Gasteiger partial charge in [0.2, 0.25) is 0 Å². The number of aliphatic hydroxyl groups is 1. The number of aliphatic hydroxyl groups excluding tert-OH is 1. The van der Waals surface area contributed by atoms with Gasteiger partial charge in [0.1, 0.15) is 0 Å². The van der Waals surface area contributed by atoms with Crippen LogP contribution < -0.4 is 0 Å². The summed E-state index contributed by atoms with van der Waals surface area (Å²) in [6, 6.07) is 0. The van der Waals surface area contributed by atoms with Crippen molar-refractivity contribution in [2.45, 2.75) is 13.8 Å². The van der Waals surface area contributed by atoms with Crippen molar-refractivity contribution < 1.29 is 37.6 Å². The Labute approximate surface area is 69.7 Å². The van der Waals surface area contributed by atoms with E-state index < -0.39 is 0 Å². The summed E-state index contributed by atoms with van der Waals surface area (Å²) in [4.78, 5) is 10.0. The number of carbonyl (C=O) groups excluding carboxylic acids is 1. The Balaban J connectivity index is -0.0000000600. The van der Waals surface area contributed by atoms with E-state index in [1.165, 1.54) is 19.9 Å². The zero-order chi connectivity index (χ0) is 5.86. The zero-order valence-corrected chi connectivity index (χ0v) is 6.81. The van der Waals surface area contributed by atoms with E-state index in [1.54, 1.807) is 0 Å². The first-order valence-corrected chi connectivity index (χ1v) is 2.01. The third kappa shape index (κ3) is 25.4. The van der Waals surface area contributed by atoms with Gasteiger partial charge in [-0.1, -0.05) is 0 Å². The van der Waals surface area contributed by atoms with Crippen molar-refractivity contribution in [2.24, 2.45) is 0 Å². The van der Waals surface area contributed by atoms with E-state index in [2.05, 4.69) is 0 Å². The van der Waals surface area contributed by atoms with E-state index in [-0.39, 0.29) is 39.3 Å². The first-order valence-electron chi connectivity index (χ1n) is 2.01. The molecule has 0 aromatic carbocycles. The molecule has 65 valence electrons. The second-order valence-electron chi connectivity index (χ2n) is 1.40. The average molecular weight is 195 g/mol. The molecule has 5 N–H and O–H groups in total. The molecule has 0 rings (SSSR count). The second kappa shape index (κ2) is 11.4. The molecule has 0 bridgehead atoms. The van der Waals surface area contributed by atoms with Gasteiger partial charge >= 0.3 is 0 Å². The average Bonchev–Trinajstić information content (AvgIpc) is 1.27. The first-order chi connectivity index (χ1) is 3.13. The zero-order valence-electron chi connectivity index (χ0n) is 5.77. The van der Waals surface area contributed by atoms with E-state index >= 15 is 0 Å². The summed E-state index contributed by atoms with van der Waals surface area (Å²) in [7, 11) is 0. The van der Waals surface area contributed by atoms with Gasteiger partial charge in [-0.25, -0.2) is 0 Å². The number of hydrogen-bond donors (Lipinski definition) is 1. The molecule has 0 spiro atoms. The smallest absolute Gasteiger partial charge is 0.155 e. The molecule has 0 aliphatic heterocycles. The van der Waals surface area contributed by atoms with Gasteiger partial charge in [0.15, 0.2) is 5.78 Å². The topological polar surface area (TPSA) is 100 Å². The Morgan fingerprint density at radius 3 is 1.60 bits per heavy atom. The predicted octanol–water partition coefficient (Wildman–Crippen LogP) is -0.615. The van der Waals surface area contributed by atoms with Gasteiger partial charge in [0.25, 0.3) is 0 Å². The number of rotatable bonds is 1. The van der Waals surface area contributed by atoms with Crippen LogP contribution in [-0.2, 0) is 21.6 Å². The van der Waals surface area contributed by atoms with E-state index in [9.17, 15) is 4.79 Å². The van der Waals surface area contributed by atoms with Crippen LogP contribution in [-0.4, -0.2) is 21.8 Å². The third-order valence-corrected chi connectivity index (χ3v) is 0.412. The van der Waals surface area contributed by atoms with Crippen LogP contribution in [0.4, 0.5) is 0 Å². The van der Waals surface area contributed by atoms with E-state index in [4.69, 9.17) is 5.11 Å². The summed E-state index contributed by atoms with van der Waals surface area (Å²) in [5, 5.41) is 8.36. The molecule has 0 atom stereocenters. The number of allylic oxidation sites excluding steroid dienone is 2. The summed E-state index contributed by atoms with van der Waals surface area (Å²) in [5.41, 5.74) is 0. The molecule has 0 heterocycles. The van der Waals surface area contributed by atoms with Crippen LogP contribution in [0.15, 0.2) is 11.8 Å². The van der Waals surface area contributed by atoms with Crippen molar-refractivity contribution >= 4 is 5.78 Å². The molecule has 0 unspecified atom stereocenters. The Hall–Kier alpha value is -0.364. The Morgan fingerprint density at radius 1 is 1.30 bits per heavy atom. The molecule has 1 radical (unpaired) electrons. The van der Waals surface area contributed by atoms with Crippen molar-refractivity contribution in [3.8, 4) is 0 Å². The SMILES string of the molecule is CC(=O)/C=C(/C)O.O.O.[Co]. The largest absolute Gasteiger partial charge is 0.512 e. The quantitative estimate of drug-likeness (QED) is 0.445. The van der Waals surface area contributed by atoms with Gasteiger partial charge < -0.3 is 16.1 Å². The van der Waals surface area contributed by atoms with E-state index in [1.807, 2.05) is 0 Å². The molecular weight excluding hydrogens is 183 g/mol. The second-order valence-corrected chi connectivity index (χ2v) is 1.40. The van der Waals surface area contributed by atoms with Crippen molar-refractivity contribution in [2.75, 3.05) is 0 Å². The maximum atomic E-state index is 10.0. The van der Waals surface area contributed by atoms with Crippen molar-refractivity contribution in [1.82, 2.24) is 0 Å². The molecule has 0 aromatic heterocycles. The minimum Gasteiger partial charge on any atom is -0.512 e. The Bertz CT molecular complexity index is 106. The summed E-state index contributed by atoms with van der Waals surface area (Å²) < 4.78 is 0. The summed E-state index contributed by atoms with van der Waals surface area (Å²) in [5.74, 6) is -0.0625. The fourth-order valence-corrected chi connectivity index (χ4v) is 0.294. The van der Waals surface area contributed by atoms with Gasteiger partial charge in [-0.15, -0.1) is 0 Å². The molecule has 0 amide bonds. The molecule has 10 heavy (non-hydrogen) atoms. The van der Waals surface area contributed by atoms with Crippen LogP contribution >= 0.6 is 0 Å². The number of ketones is 1. The van der Waals surface area contributed by atoms with Crippen LogP contribution in [0.2, 0.25) is 0 Å². The van der Waals surface area contributed by atoms with Crippen molar-refractivity contribution in [3.05, 3.63) is 11.8 Å². The molecule has 0 aromatic rings. The van der Waals surface area contributed by atoms with Gasteiger partial charge in [-0.3, -0.25) is 4.79 Å². The minimum absolute atomic E-state index is 0. The van der Waals surface area contributed by atoms with E-state index in [0.29, 0.717) is 0 Å². The molecule has 5 heteroatoms. The molecule has 0 fully saturated rings. The minimum atomic E-state index is -0.125. The molecule has 0 saturated heterocycles. The van der Waals surface area contributed by atoms with E-state index in [0.717, 1.165) is 0 Å². The molecule has 4 nitrogen and oxygen atoms in total. The summed E-state index contributed by atoms with van der Waals surface area (Å²) in [6.07, 6.45) is 1.17. The predicted molar refractivity (Wildman–Crippen MR) is 34.3 cm³/mol. The van der Waals surface area contributed by atoms with Crippen LogP contribution in [0.25, 0.3) is 0 Å².